The van der Waals surface area contributed by atoms with Crippen LogP contribution in [0.15, 0.2) is 30.3 Å². The second kappa shape index (κ2) is 5.40. The smallest absolute Gasteiger partial charge is 0.168 e. The zero-order valence-electron chi connectivity index (χ0n) is 9.87. The quantitative estimate of drug-likeness (QED) is 0.764. The number of aryl methyl sites for hydroxylation is 1. The van der Waals surface area contributed by atoms with Crippen LogP contribution >= 0.6 is 11.3 Å². The second-order valence-corrected chi connectivity index (χ2v) is 5.23. The summed E-state index contributed by atoms with van der Waals surface area (Å²) in [4.78, 5) is 14.0. The third-order valence-corrected chi connectivity index (χ3v) is 3.81. The Bertz CT molecular complexity index is 555. The van der Waals surface area contributed by atoms with Crippen LogP contribution in [-0.2, 0) is 12.8 Å². The van der Waals surface area contributed by atoms with Crippen LogP contribution < -0.4 is 0 Å². The summed E-state index contributed by atoms with van der Waals surface area (Å²) >= 11 is 1.56. The number of carbonyl (C=O) groups is 1. The zero-order valence-corrected chi connectivity index (χ0v) is 10.7. The lowest BCUT2D eigenvalue weighted by atomic mass is 10.1. The van der Waals surface area contributed by atoms with Crippen LogP contribution in [0.5, 0.6) is 0 Å². The standard InChI is InChI=1S/C14H12F2OS/c1-2-12-3-4-13(18-12)8-14(17)9-5-10(15)7-11(16)6-9/h3-7H,2,8H2,1H3. The van der Waals surface area contributed by atoms with Crippen molar-refractivity contribution in [1.29, 1.82) is 0 Å². The number of carbonyl (C=O) groups excluding carboxylic acids is 1. The molecule has 0 saturated heterocycles. The molecule has 0 aliphatic rings. The van der Waals surface area contributed by atoms with Crippen LogP contribution in [-0.4, -0.2) is 5.78 Å². The predicted octanol–water partition coefficient (Wildman–Crippen LogP) is 4.01. The first kappa shape index (κ1) is 12.9. The number of hydrogen-bond acceptors (Lipinski definition) is 2. The van der Waals surface area contributed by atoms with Crippen molar-refractivity contribution < 1.29 is 13.6 Å². The number of ketones is 1. The van der Waals surface area contributed by atoms with Crippen LogP contribution in [0, 0.1) is 11.6 Å². The Kier molecular flexibility index (Phi) is 3.87. The van der Waals surface area contributed by atoms with Gasteiger partial charge in [0.25, 0.3) is 0 Å². The Balaban J connectivity index is 2.16. The molecule has 0 bridgehead atoms. The summed E-state index contributed by atoms with van der Waals surface area (Å²) in [7, 11) is 0. The van der Waals surface area contributed by atoms with Gasteiger partial charge in [-0.3, -0.25) is 4.79 Å². The van der Waals surface area contributed by atoms with Crippen molar-refractivity contribution in [2.24, 2.45) is 0 Å². The first-order valence-electron chi connectivity index (χ1n) is 5.65. The third kappa shape index (κ3) is 3.01. The molecule has 0 saturated carbocycles. The Morgan fingerprint density at radius 2 is 1.72 bits per heavy atom. The molecular formula is C14H12F2OS. The molecular weight excluding hydrogens is 254 g/mol. The fraction of sp³-hybridized carbons (Fsp3) is 0.214. The van der Waals surface area contributed by atoms with Gasteiger partial charge in [-0.2, -0.15) is 0 Å². The molecule has 0 amide bonds. The fourth-order valence-corrected chi connectivity index (χ4v) is 2.64. The summed E-state index contributed by atoms with van der Waals surface area (Å²) in [5.41, 5.74) is 0.0824. The third-order valence-electron chi connectivity index (χ3n) is 2.59. The topological polar surface area (TPSA) is 17.1 Å². The highest BCUT2D eigenvalue weighted by Crippen LogP contribution is 2.19. The highest BCUT2D eigenvalue weighted by Gasteiger charge is 2.11. The van der Waals surface area contributed by atoms with Gasteiger partial charge in [-0.1, -0.05) is 6.92 Å². The minimum atomic E-state index is -0.723. The maximum Gasteiger partial charge on any atom is 0.168 e. The maximum atomic E-state index is 13.0. The number of rotatable bonds is 4. The van der Waals surface area contributed by atoms with E-state index in [1.54, 1.807) is 11.3 Å². The lowest BCUT2D eigenvalue weighted by molar-refractivity contribution is 0.0993. The molecule has 0 fully saturated rings. The largest absolute Gasteiger partial charge is 0.294 e. The Morgan fingerprint density at radius 1 is 1.11 bits per heavy atom. The Labute approximate surface area is 108 Å². The average molecular weight is 266 g/mol. The molecule has 0 unspecified atom stereocenters. The summed E-state index contributed by atoms with van der Waals surface area (Å²) in [6.45, 7) is 2.04. The van der Waals surface area contributed by atoms with Gasteiger partial charge in [0.1, 0.15) is 11.6 Å². The first-order chi connectivity index (χ1) is 8.58. The van der Waals surface area contributed by atoms with Gasteiger partial charge in [-0.15, -0.1) is 11.3 Å². The molecule has 1 nitrogen and oxygen atoms in total. The summed E-state index contributed by atoms with van der Waals surface area (Å²) in [5, 5.41) is 0. The van der Waals surface area contributed by atoms with Crippen molar-refractivity contribution in [2.45, 2.75) is 19.8 Å². The molecule has 0 aliphatic heterocycles. The van der Waals surface area contributed by atoms with Crippen molar-refractivity contribution in [1.82, 2.24) is 0 Å². The van der Waals surface area contributed by atoms with E-state index in [1.165, 1.54) is 4.88 Å². The minimum absolute atomic E-state index is 0.0824. The van der Waals surface area contributed by atoms with Gasteiger partial charge in [0, 0.05) is 27.8 Å². The number of benzene rings is 1. The van der Waals surface area contributed by atoms with E-state index in [0.717, 1.165) is 29.5 Å². The van der Waals surface area contributed by atoms with Crippen molar-refractivity contribution in [3.8, 4) is 0 Å². The number of hydrogen-bond donors (Lipinski definition) is 0. The number of thiophene rings is 1. The van der Waals surface area contributed by atoms with Crippen LogP contribution in [0.4, 0.5) is 8.78 Å². The van der Waals surface area contributed by atoms with E-state index in [4.69, 9.17) is 0 Å². The number of Topliss-reactive ketones (excluding diaryl/α,β-unsaturated/α-hetero) is 1. The van der Waals surface area contributed by atoms with Crippen LogP contribution in [0.25, 0.3) is 0 Å². The summed E-state index contributed by atoms with van der Waals surface area (Å²) in [5.74, 6) is -1.71. The number of halogens is 2. The van der Waals surface area contributed by atoms with Crippen LogP contribution in [0.2, 0.25) is 0 Å². The highest BCUT2D eigenvalue weighted by atomic mass is 32.1. The van der Waals surface area contributed by atoms with Crippen LogP contribution in [0.3, 0.4) is 0 Å². The van der Waals surface area contributed by atoms with Crippen molar-refractivity contribution in [3.05, 3.63) is 57.3 Å². The van der Waals surface area contributed by atoms with Gasteiger partial charge in [0.15, 0.2) is 5.78 Å². The van der Waals surface area contributed by atoms with Crippen molar-refractivity contribution in [2.75, 3.05) is 0 Å². The maximum absolute atomic E-state index is 13.0. The zero-order chi connectivity index (χ0) is 13.1. The van der Waals surface area contributed by atoms with Gasteiger partial charge in [-0.25, -0.2) is 8.78 Å². The molecule has 18 heavy (non-hydrogen) atoms. The van der Waals surface area contributed by atoms with Gasteiger partial charge >= 0.3 is 0 Å². The lowest BCUT2D eigenvalue weighted by Gasteiger charge is -2.00. The van der Waals surface area contributed by atoms with Gasteiger partial charge in [0.2, 0.25) is 0 Å². The summed E-state index contributed by atoms with van der Waals surface area (Å²) < 4.78 is 26.0. The summed E-state index contributed by atoms with van der Waals surface area (Å²) in [6.07, 6.45) is 1.11. The van der Waals surface area contributed by atoms with E-state index < -0.39 is 11.6 Å². The molecule has 4 heteroatoms. The normalized spacial score (nSPS) is 10.6. The Hall–Kier alpha value is -1.55. The second-order valence-electron chi connectivity index (χ2n) is 3.98. The lowest BCUT2D eigenvalue weighted by Crippen LogP contribution is -2.03. The molecule has 0 radical (unpaired) electrons. The molecule has 1 heterocycles. The molecule has 0 N–H and O–H groups in total. The van der Waals surface area contributed by atoms with Gasteiger partial charge < -0.3 is 0 Å². The SMILES string of the molecule is CCc1ccc(CC(=O)c2cc(F)cc(F)c2)s1. The molecule has 2 rings (SSSR count). The molecule has 2 aromatic rings. The summed E-state index contributed by atoms with van der Waals surface area (Å²) in [6, 6.07) is 6.76. The molecule has 94 valence electrons. The van der Waals surface area contributed by atoms with E-state index in [-0.39, 0.29) is 17.8 Å². The molecule has 1 aromatic carbocycles. The van der Waals surface area contributed by atoms with E-state index in [9.17, 15) is 13.6 Å². The molecule has 0 atom stereocenters. The minimum Gasteiger partial charge on any atom is -0.294 e. The van der Waals surface area contributed by atoms with E-state index in [2.05, 4.69) is 0 Å². The molecule has 0 aliphatic carbocycles. The van der Waals surface area contributed by atoms with Gasteiger partial charge in [0.05, 0.1) is 0 Å². The average Bonchev–Trinajstić information content (AvgIpc) is 2.75. The fourth-order valence-electron chi connectivity index (χ4n) is 1.68. The van der Waals surface area contributed by atoms with E-state index >= 15 is 0 Å². The van der Waals surface area contributed by atoms with Crippen molar-refractivity contribution in [3.63, 3.8) is 0 Å². The highest BCUT2D eigenvalue weighted by molar-refractivity contribution is 7.12. The van der Waals surface area contributed by atoms with Crippen molar-refractivity contribution >= 4 is 17.1 Å². The Morgan fingerprint density at radius 3 is 2.28 bits per heavy atom. The first-order valence-corrected chi connectivity index (χ1v) is 6.47. The van der Waals surface area contributed by atoms with Gasteiger partial charge in [-0.05, 0) is 30.7 Å². The van der Waals surface area contributed by atoms with Crippen LogP contribution in [0.1, 0.15) is 27.0 Å². The van der Waals surface area contributed by atoms with E-state index in [0.29, 0.717) is 0 Å². The predicted molar refractivity (Wildman–Crippen MR) is 68.1 cm³/mol. The monoisotopic (exact) mass is 266 g/mol. The molecule has 0 spiro atoms. The van der Waals surface area contributed by atoms with E-state index in [1.807, 2.05) is 19.1 Å². The molecule has 1 aromatic heterocycles.